The molecule has 1 unspecified atom stereocenters. The largest absolute Gasteiger partial charge is 0.340 e. The lowest BCUT2D eigenvalue weighted by molar-refractivity contribution is -0.108. The number of nitrogens with one attached hydrogen (secondary N) is 2. The van der Waals surface area contributed by atoms with E-state index in [9.17, 15) is 9.18 Å². The molecule has 1 saturated heterocycles. The lowest BCUT2D eigenvalue weighted by Gasteiger charge is -2.61. The predicted octanol–water partition coefficient (Wildman–Crippen LogP) is 5.97. The lowest BCUT2D eigenvalue weighted by Crippen LogP contribution is -2.57. The van der Waals surface area contributed by atoms with E-state index in [2.05, 4.69) is 48.2 Å². The van der Waals surface area contributed by atoms with Crippen molar-refractivity contribution in [3.63, 3.8) is 0 Å². The molecule has 2 aromatic carbocycles. The number of hydrogen-bond donors (Lipinski definition) is 2. The van der Waals surface area contributed by atoms with Gasteiger partial charge in [0.2, 0.25) is 0 Å². The molecule has 3 aliphatic carbocycles. The summed E-state index contributed by atoms with van der Waals surface area (Å²) in [5.74, 6) is 3.19. The van der Waals surface area contributed by atoms with Crippen molar-refractivity contribution in [3.8, 4) is 11.4 Å². The highest BCUT2D eigenvalue weighted by Crippen LogP contribution is 2.61. The van der Waals surface area contributed by atoms with Crippen LogP contribution in [0, 0.1) is 29.0 Å². The normalized spacial score (nSPS) is 25.7. The van der Waals surface area contributed by atoms with E-state index in [0.717, 1.165) is 54.7 Å². The zero-order chi connectivity index (χ0) is 32.0. The Morgan fingerprint density at radius 1 is 1.09 bits per heavy atom. The van der Waals surface area contributed by atoms with Gasteiger partial charge in [0.05, 0.1) is 16.9 Å². The van der Waals surface area contributed by atoms with Gasteiger partial charge < -0.3 is 15.5 Å². The quantitative estimate of drug-likeness (QED) is 0.204. The summed E-state index contributed by atoms with van der Waals surface area (Å²) in [6, 6.07) is 16.6. The highest BCUT2D eigenvalue weighted by atomic mass is 19.1. The van der Waals surface area contributed by atoms with Crippen LogP contribution in [-0.4, -0.2) is 57.1 Å². The van der Waals surface area contributed by atoms with Gasteiger partial charge in [0.25, 0.3) is 5.56 Å². The Hall–Kier alpha value is -4.11. The number of benzene rings is 2. The number of piperazine rings is 1. The third-order valence-corrected chi connectivity index (χ3v) is 11.0. The maximum atomic E-state index is 14.0. The van der Waals surface area contributed by atoms with Gasteiger partial charge in [-0.15, -0.1) is 0 Å². The molecular weight excluding hydrogens is 577 g/mol. The van der Waals surface area contributed by atoms with Crippen LogP contribution in [0.4, 0.5) is 10.1 Å². The van der Waals surface area contributed by atoms with Crippen LogP contribution in [0.3, 0.4) is 0 Å². The van der Waals surface area contributed by atoms with E-state index >= 15 is 0 Å². The van der Waals surface area contributed by atoms with Crippen molar-refractivity contribution in [1.29, 1.82) is 0 Å². The first kappa shape index (κ1) is 30.5. The number of aryl methyl sites for hydroxylation is 1. The van der Waals surface area contributed by atoms with Gasteiger partial charge >= 0.3 is 0 Å². The molecule has 0 spiro atoms. The maximum Gasteiger partial charge on any atom is 0.261 e. The molecule has 4 aliphatic rings. The van der Waals surface area contributed by atoms with Crippen molar-refractivity contribution in [2.45, 2.75) is 65.6 Å². The summed E-state index contributed by atoms with van der Waals surface area (Å²) < 4.78 is 15.2. The average Bonchev–Trinajstić information content (AvgIpc) is 3.05. The summed E-state index contributed by atoms with van der Waals surface area (Å²) in [4.78, 5) is 31.0. The summed E-state index contributed by atoms with van der Waals surface area (Å²) in [5.41, 5.74) is 3.57. The van der Waals surface area contributed by atoms with Crippen LogP contribution >= 0.6 is 0 Å². The Bertz CT molecular complexity index is 1800. The maximum absolute atomic E-state index is 14.0. The van der Waals surface area contributed by atoms with Crippen LogP contribution in [-0.2, 0) is 13.0 Å². The number of guanidine groups is 1. The van der Waals surface area contributed by atoms with Gasteiger partial charge in [-0.25, -0.2) is 14.4 Å². The molecular formula is C37H44FN7O. The van der Waals surface area contributed by atoms with Crippen LogP contribution in [0.1, 0.15) is 46.1 Å². The number of nitrogens with zero attached hydrogens (tertiary/aromatic N) is 5. The first-order valence-electron chi connectivity index (χ1n) is 16.7. The van der Waals surface area contributed by atoms with Gasteiger partial charge in [-0.3, -0.25) is 14.3 Å². The third kappa shape index (κ3) is 5.81. The highest BCUT2D eigenvalue weighted by molar-refractivity contribution is 5.96. The fraction of sp³-hybridized carbons (Fsp3) is 0.459. The molecule has 4 fully saturated rings. The molecule has 4 aromatic rings. The standard InChI is InChI=1S/C37H44FN7O/c1-23-22-44(18-16-40-23)36(43-32-20-27-19-31(24(32)2)37(27,3)4)41-29-9-10-30-33(21-29)42-34(26-11-14-39-15-12-26)45(35(30)46)17-13-25-5-7-28(38)8-6-25/h5-12,14-15,21,23-24,27,31-32,40H,13,16-20,22H2,1-4H3,(H,41,43)/t23-,24-,27-,31+,32?/m0/s1. The molecule has 46 heavy (non-hydrogen) atoms. The molecule has 2 bridgehead atoms. The Morgan fingerprint density at radius 2 is 1.87 bits per heavy atom. The lowest BCUT2D eigenvalue weighted by atomic mass is 9.45. The van der Waals surface area contributed by atoms with Gasteiger partial charge in [0.1, 0.15) is 11.6 Å². The number of halogens is 1. The Labute approximate surface area is 270 Å². The molecule has 9 heteroatoms. The van der Waals surface area contributed by atoms with Gasteiger partial charge in [-0.2, -0.15) is 0 Å². The number of hydrogen-bond acceptors (Lipinski definition) is 5. The number of aliphatic imine (C=N–C) groups is 1. The first-order valence-corrected chi connectivity index (χ1v) is 16.7. The van der Waals surface area contributed by atoms with Crippen molar-refractivity contribution in [3.05, 3.63) is 88.7 Å². The second kappa shape index (κ2) is 12.2. The van der Waals surface area contributed by atoms with Crippen molar-refractivity contribution in [2.75, 3.05) is 25.0 Å². The molecule has 2 aromatic heterocycles. The summed E-state index contributed by atoms with van der Waals surface area (Å²) in [7, 11) is 0. The molecule has 8 rings (SSSR count). The van der Waals surface area contributed by atoms with Crippen LogP contribution in [0.2, 0.25) is 0 Å². The minimum Gasteiger partial charge on any atom is -0.340 e. The van der Waals surface area contributed by atoms with E-state index in [4.69, 9.17) is 9.98 Å². The summed E-state index contributed by atoms with van der Waals surface area (Å²) in [6.45, 7) is 12.5. The van der Waals surface area contributed by atoms with E-state index < -0.39 is 0 Å². The molecule has 2 N–H and O–H groups in total. The number of aromatic nitrogens is 3. The number of fused-ring (bicyclic) bond motifs is 3. The smallest absolute Gasteiger partial charge is 0.261 e. The van der Waals surface area contributed by atoms with Crippen molar-refractivity contribution >= 4 is 22.5 Å². The molecule has 5 atom stereocenters. The second-order valence-corrected chi connectivity index (χ2v) is 14.1. The summed E-state index contributed by atoms with van der Waals surface area (Å²) in [5, 5.41) is 7.79. The molecule has 8 nitrogen and oxygen atoms in total. The van der Waals surface area contributed by atoms with Crippen LogP contribution in [0.25, 0.3) is 22.3 Å². The van der Waals surface area contributed by atoms with Crippen LogP contribution in [0.5, 0.6) is 0 Å². The van der Waals surface area contributed by atoms with E-state index in [1.165, 1.54) is 18.6 Å². The zero-order valence-electron chi connectivity index (χ0n) is 27.2. The van der Waals surface area contributed by atoms with E-state index in [1.54, 1.807) is 29.1 Å². The molecule has 0 amide bonds. The third-order valence-electron chi connectivity index (χ3n) is 11.0. The molecule has 0 radical (unpaired) electrons. The second-order valence-electron chi connectivity index (χ2n) is 14.1. The van der Waals surface area contributed by atoms with Crippen LogP contribution < -0.4 is 16.2 Å². The highest BCUT2D eigenvalue weighted by Gasteiger charge is 2.56. The number of rotatable bonds is 6. The Balaban J connectivity index is 1.23. The van der Waals surface area contributed by atoms with Gasteiger partial charge in [-0.05, 0) is 97.4 Å². The summed E-state index contributed by atoms with van der Waals surface area (Å²) >= 11 is 0. The van der Waals surface area contributed by atoms with Crippen molar-refractivity contribution in [2.24, 2.45) is 28.2 Å². The van der Waals surface area contributed by atoms with E-state index in [0.29, 0.717) is 53.0 Å². The Kier molecular flexibility index (Phi) is 8.13. The van der Waals surface area contributed by atoms with Crippen LogP contribution in [0.15, 0.2) is 76.8 Å². The monoisotopic (exact) mass is 621 g/mol. The predicted molar refractivity (Wildman–Crippen MR) is 182 cm³/mol. The zero-order valence-corrected chi connectivity index (χ0v) is 27.2. The number of anilines is 1. The van der Waals surface area contributed by atoms with Gasteiger partial charge in [0, 0.05) is 55.9 Å². The average molecular weight is 622 g/mol. The molecule has 1 aliphatic heterocycles. The van der Waals surface area contributed by atoms with Gasteiger partial charge in [-0.1, -0.05) is 32.9 Å². The van der Waals surface area contributed by atoms with E-state index in [-0.39, 0.29) is 17.4 Å². The molecule has 3 heterocycles. The summed E-state index contributed by atoms with van der Waals surface area (Å²) in [6.07, 6.45) is 6.45. The molecule has 3 saturated carbocycles. The van der Waals surface area contributed by atoms with E-state index in [1.807, 2.05) is 30.3 Å². The SMILES string of the molecule is C[C@@H]1C(N=C(Nc2ccc3c(=O)n(CCc4ccc(F)cc4)c(-c4ccncc4)nc3c2)N2CCN[C@@H](C)C2)C[C@@H]2C[C@H]1C2(C)C. The minimum absolute atomic E-state index is 0.104. The fourth-order valence-electron chi connectivity index (χ4n) is 8.02. The van der Waals surface area contributed by atoms with Crippen molar-refractivity contribution < 1.29 is 4.39 Å². The fourth-order valence-corrected chi connectivity index (χ4v) is 8.02. The minimum atomic E-state index is -0.274. The number of pyridine rings is 1. The first-order chi connectivity index (χ1) is 22.2. The van der Waals surface area contributed by atoms with Crippen molar-refractivity contribution in [1.82, 2.24) is 24.8 Å². The Morgan fingerprint density at radius 3 is 2.59 bits per heavy atom. The van der Waals surface area contributed by atoms with Gasteiger partial charge in [0.15, 0.2) is 5.96 Å². The topological polar surface area (TPSA) is 87.4 Å². The molecule has 240 valence electrons.